The van der Waals surface area contributed by atoms with E-state index in [0.717, 1.165) is 27.2 Å². The number of rotatable bonds is 7. The number of amides is 2. The third kappa shape index (κ3) is 4.58. The van der Waals surface area contributed by atoms with Gasteiger partial charge >= 0.3 is 12.1 Å². The van der Waals surface area contributed by atoms with Gasteiger partial charge in [-0.25, -0.2) is 13.6 Å². The Kier molecular flexibility index (Phi) is 6.50. The fourth-order valence-electron chi connectivity index (χ4n) is 4.85. The number of likely N-dealkylation sites (tertiary alicyclic amines) is 1. The molecule has 35 heavy (non-hydrogen) atoms. The van der Waals surface area contributed by atoms with Gasteiger partial charge in [0.2, 0.25) is 0 Å². The fraction of sp³-hybridized carbons (Fsp3) is 0.400. The smallest absolute Gasteiger partial charge is 0.408 e. The van der Waals surface area contributed by atoms with Gasteiger partial charge in [-0.05, 0) is 29.2 Å². The highest BCUT2D eigenvalue weighted by atomic mass is 19.3. The van der Waals surface area contributed by atoms with Crippen LogP contribution >= 0.6 is 0 Å². The van der Waals surface area contributed by atoms with Crippen molar-refractivity contribution in [1.82, 2.24) is 10.2 Å². The van der Waals surface area contributed by atoms with Crippen molar-refractivity contribution in [2.24, 2.45) is 5.92 Å². The number of hydrogen-bond donors (Lipinski definition) is 2. The second-order valence-corrected chi connectivity index (χ2v) is 9.05. The Hall–Kier alpha value is -3.53. The van der Waals surface area contributed by atoms with E-state index in [9.17, 15) is 23.2 Å². The summed E-state index contributed by atoms with van der Waals surface area (Å²) in [6.07, 6.45) is -0.916. The van der Waals surface area contributed by atoms with E-state index in [1.165, 1.54) is 14.0 Å². The Morgan fingerprint density at radius 1 is 1.11 bits per heavy atom. The first kappa shape index (κ1) is 24.6. The standard InChI is InChI=1S/C25H26F2N2O6/c1-24(14-34-2,22(32)29-11-20(21(30)31)25(26,27)13-29)28-23(33)35-12-19-17-9-5-3-7-15(17)16-8-4-6-10-18(16)19/h3-10,19-20H,11-14H2,1-2H3,(H,28,33)(H,30,31). The number of ether oxygens (including phenoxy) is 2. The van der Waals surface area contributed by atoms with E-state index in [4.69, 9.17) is 14.6 Å². The van der Waals surface area contributed by atoms with Crippen molar-refractivity contribution in [3.8, 4) is 11.1 Å². The average Bonchev–Trinajstić information content (AvgIpc) is 3.31. The van der Waals surface area contributed by atoms with Crippen molar-refractivity contribution in [3.63, 3.8) is 0 Å². The van der Waals surface area contributed by atoms with Crippen LogP contribution < -0.4 is 5.32 Å². The van der Waals surface area contributed by atoms with E-state index in [-0.39, 0.29) is 19.1 Å². The number of halogens is 2. The number of benzene rings is 2. The molecule has 10 heteroatoms. The summed E-state index contributed by atoms with van der Waals surface area (Å²) in [7, 11) is 1.30. The van der Waals surface area contributed by atoms with Crippen molar-refractivity contribution >= 4 is 18.0 Å². The molecule has 0 radical (unpaired) electrons. The van der Waals surface area contributed by atoms with Gasteiger partial charge in [0.15, 0.2) is 0 Å². The summed E-state index contributed by atoms with van der Waals surface area (Å²) in [4.78, 5) is 37.7. The van der Waals surface area contributed by atoms with Crippen LogP contribution in [0.25, 0.3) is 11.1 Å². The molecule has 2 aromatic rings. The van der Waals surface area contributed by atoms with Gasteiger partial charge in [0, 0.05) is 19.6 Å². The van der Waals surface area contributed by atoms with E-state index in [2.05, 4.69) is 5.32 Å². The molecule has 1 aliphatic heterocycles. The lowest BCUT2D eigenvalue weighted by molar-refractivity contribution is -0.151. The minimum atomic E-state index is -3.58. The first-order valence-corrected chi connectivity index (χ1v) is 11.1. The van der Waals surface area contributed by atoms with E-state index in [1.54, 1.807) is 0 Å². The van der Waals surface area contributed by atoms with Crippen molar-refractivity contribution in [2.75, 3.05) is 33.4 Å². The summed E-state index contributed by atoms with van der Waals surface area (Å²) in [5, 5.41) is 11.5. The van der Waals surface area contributed by atoms with Crippen LogP contribution in [-0.4, -0.2) is 72.9 Å². The van der Waals surface area contributed by atoms with Gasteiger partial charge in [0.1, 0.15) is 18.1 Å². The molecule has 1 fully saturated rings. The number of nitrogens with one attached hydrogen (secondary N) is 1. The monoisotopic (exact) mass is 488 g/mol. The predicted molar refractivity (Wildman–Crippen MR) is 121 cm³/mol. The van der Waals surface area contributed by atoms with E-state index in [1.807, 2.05) is 48.5 Å². The summed E-state index contributed by atoms with van der Waals surface area (Å²) in [5.41, 5.74) is 2.40. The van der Waals surface area contributed by atoms with E-state index < -0.39 is 48.4 Å². The normalized spacial score (nSPS) is 20.0. The minimum absolute atomic E-state index is 0.0000136. The van der Waals surface area contributed by atoms with Crippen LogP contribution in [0.15, 0.2) is 48.5 Å². The molecule has 1 heterocycles. The van der Waals surface area contributed by atoms with Gasteiger partial charge in [-0.1, -0.05) is 48.5 Å². The third-order valence-corrected chi connectivity index (χ3v) is 6.53. The van der Waals surface area contributed by atoms with Crippen molar-refractivity contribution < 1.29 is 37.7 Å². The number of carboxylic acids is 1. The van der Waals surface area contributed by atoms with Crippen LogP contribution in [0.1, 0.15) is 24.0 Å². The van der Waals surface area contributed by atoms with Gasteiger partial charge in [-0.2, -0.15) is 0 Å². The van der Waals surface area contributed by atoms with Crippen LogP contribution in [0, 0.1) is 5.92 Å². The second-order valence-electron chi connectivity index (χ2n) is 9.05. The molecule has 8 nitrogen and oxygen atoms in total. The highest BCUT2D eigenvalue weighted by Gasteiger charge is 2.55. The molecule has 2 atom stereocenters. The van der Waals surface area contributed by atoms with Crippen LogP contribution in [0.5, 0.6) is 0 Å². The zero-order valence-electron chi connectivity index (χ0n) is 19.3. The zero-order chi connectivity index (χ0) is 25.4. The molecule has 4 rings (SSSR count). The van der Waals surface area contributed by atoms with Gasteiger partial charge < -0.3 is 24.8 Å². The van der Waals surface area contributed by atoms with Crippen LogP contribution in [-0.2, 0) is 19.1 Å². The largest absolute Gasteiger partial charge is 0.481 e. The van der Waals surface area contributed by atoms with Crippen LogP contribution in [0.2, 0.25) is 0 Å². The molecule has 1 aliphatic carbocycles. The second kappa shape index (κ2) is 9.26. The highest BCUT2D eigenvalue weighted by molar-refractivity contribution is 5.91. The molecular weight excluding hydrogens is 462 g/mol. The lowest BCUT2D eigenvalue weighted by Gasteiger charge is -2.32. The minimum Gasteiger partial charge on any atom is -0.481 e. The summed E-state index contributed by atoms with van der Waals surface area (Å²) < 4.78 is 38.8. The molecule has 2 amide bonds. The summed E-state index contributed by atoms with van der Waals surface area (Å²) in [6.45, 7) is -0.733. The van der Waals surface area contributed by atoms with Crippen molar-refractivity contribution in [2.45, 2.75) is 24.3 Å². The summed E-state index contributed by atoms with van der Waals surface area (Å²) in [6, 6.07) is 15.6. The van der Waals surface area contributed by atoms with Gasteiger partial charge in [0.25, 0.3) is 11.8 Å². The molecule has 2 aliphatic rings. The quantitative estimate of drug-likeness (QED) is 0.621. The Labute approximate surface area is 200 Å². The number of aliphatic carboxylic acids is 1. The first-order chi connectivity index (χ1) is 16.6. The Bertz CT molecular complexity index is 1110. The zero-order valence-corrected chi connectivity index (χ0v) is 19.3. The molecule has 0 spiro atoms. The number of carbonyl (C=O) groups is 3. The molecule has 0 bridgehead atoms. The predicted octanol–water partition coefficient (Wildman–Crippen LogP) is 3.11. The van der Waals surface area contributed by atoms with Gasteiger partial charge in [-0.3, -0.25) is 9.59 Å². The maximum atomic E-state index is 14.1. The summed E-state index contributed by atoms with van der Waals surface area (Å²) >= 11 is 0. The first-order valence-electron chi connectivity index (χ1n) is 11.1. The number of carbonyl (C=O) groups excluding carboxylic acids is 2. The third-order valence-electron chi connectivity index (χ3n) is 6.53. The molecule has 0 saturated carbocycles. The van der Waals surface area contributed by atoms with Gasteiger partial charge in [-0.15, -0.1) is 0 Å². The van der Waals surface area contributed by atoms with Crippen molar-refractivity contribution in [3.05, 3.63) is 59.7 Å². The van der Waals surface area contributed by atoms with Crippen LogP contribution in [0.4, 0.5) is 13.6 Å². The van der Waals surface area contributed by atoms with E-state index >= 15 is 0 Å². The SMILES string of the molecule is COCC(C)(NC(=O)OCC1c2ccccc2-c2ccccc21)C(=O)N1CC(C(=O)O)C(F)(F)C1. The maximum Gasteiger partial charge on any atom is 0.408 e. The van der Waals surface area contributed by atoms with Crippen LogP contribution in [0.3, 0.4) is 0 Å². The molecule has 186 valence electrons. The Balaban J connectivity index is 1.46. The number of hydrogen-bond acceptors (Lipinski definition) is 5. The van der Waals surface area contributed by atoms with Gasteiger partial charge in [0.05, 0.1) is 13.2 Å². The summed E-state index contributed by atoms with van der Waals surface area (Å²) in [5.74, 6) is -8.38. The number of alkyl carbamates (subject to hydrolysis) is 1. The molecule has 2 N–H and O–H groups in total. The molecule has 1 saturated heterocycles. The topological polar surface area (TPSA) is 105 Å². The number of carboxylic acid groups (broad SMARTS) is 1. The van der Waals surface area contributed by atoms with E-state index in [0.29, 0.717) is 0 Å². The molecule has 2 aromatic carbocycles. The highest BCUT2D eigenvalue weighted by Crippen LogP contribution is 2.44. The Morgan fingerprint density at radius 2 is 1.69 bits per heavy atom. The lowest BCUT2D eigenvalue weighted by atomic mass is 9.98. The fourth-order valence-corrected chi connectivity index (χ4v) is 4.85. The van der Waals surface area contributed by atoms with Crippen molar-refractivity contribution in [1.29, 1.82) is 0 Å². The Morgan fingerprint density at radius 3 is 2.20 bits per heavy atom. The maximum absolute atomic E-state index is 14.1. The number of fused-ring (bicyclic) bond motifs is 3. The number of methoxy groups -OCH3 is 1. The molecule has 2 unspecified atom stereocenters. The average molecular weight is 488 g/mol. The lowest BCUT2D eigenvalue weighted by Crippen LogP contribution is -2.60. The molecular formula is C25H26F2N2O6. The number of alkyl halides is 2. The number of nitrogens with zero attached hydrogens (tertiary/aromatic N) is 1. The molecule has 0 aromatic heterocycles.